The van der Waals surface area contributed by atoms with Gasteiger partial charge in [-0.3, -0.25) is 0 Å². The first kappa shape index (κ1) is 12.9. The number of rotatable bonds is 2. The van der Waals surface area contributed by atoms with Crippen molar-refractivity contribution in [2.24, 2.45) is 0 Å². The lowest BCUT2D eigenvalue weighted by atomic mass is 9.96. The highest BCUT2D eigenvalue weighted by atomic mass is 19.4. The second-order valence-corrected chi connectivity index (χ2v) is 4.20. The van der Waals surface area contributed by atoms with Gasteiger partial charge < -0.3 is 5.11 Å². The van der Waals surface area contributed by atoms with Gasteiger partial charge >= 0.3 is 6.18 Å². The van der Waals surface area contributed by atoms with Crippen molar-refractivity contribution in [3.63, 3.8) is 0 Å². The topological polar surface area (TPSA) is 20.2 Å². The molecule has 0 fully saturated rings. The third-order valence-corrected chi connectivity index (χ3v) is 2.97. The average molecular weight is 254 g/mol. The fraction of sp³-hybridized carbons (Fsp3) is 0.286. The molecular weight excluding hydrogens is 241 g/mol. The van der Waals surface area contributed by atoms with Crippen LogP contribution in [0.4, 0.5) is 13.2 Å². The lowest BCUT2D eigenvalue weighted by Crippen LogP contribution is -2.20. The number of aliphatic hydroxyl groups excluding tert-OH is 1. The molecular formula is C14H13F3O. The number of hydrogen-bond donors (Lipinski definition) is 1. The lowest BCUT2D eigenvalue weighted by Gasteiger charge is -2.18. The van der Waals surface area contributed by atoms with Crippen LogP contribution in [0, 0.1) is 0 Å². The van der Waals surface area contributed by atoms with Crippen molar-refractivity contribution in [2.75, 3.05) is 0 Å². The van der Waals surface area contributed by atoms with E-state index < -0.39 is 12.3 Å². The highest BCUT2D eigenvalue weighted by Gasteiger charge is 2.40. The minimum absolute atomic E-state index is 0.0718. The second-order valence-electron chi connectivity index (χ2n) is 4.20. The van der Waals surface area contributed by atoms with Crippen LogP contribution in [0.3, 0.4) is 0 Å². The third-order valence-electron chi connectivity index (χ3n) is 2.97. The zero-order chi connectivity index (χ0) is 13.3. The smallest absolute Gasteiger partial charge is 0.379 e. The molecule has 0 heterocycles. The molecule has 4 heteroatoms. The van der Waals surface area contributed by atoms with Gasteiger partial charge in [0.25, 0.3) is 0 Å². The quantitative estimate of drug-likeness (QED) is 0.858. The van der Waals surface area contributed by atoms with Crippen LogP contribution in [0.15, 0.2) is 36.4 Å². The molecule has 18 heavy (non-hydrogen) atoms. The molecule has 1 N–H and O–H groups in total. The Hall–Kier alpha value is -1.55. The molecule has 0 aromatic heterocycles. The first-order valence-corrected chi connectivity index (χ1v) is 5.70. The molecule has 0 amide bonds. The van der Waals surface area contributed by atoms with E-state index in [-0.39, 0.29) is 5.56 Å². The summed E-state index contributed by atoms with van der Waals surface area (Å²) in [6.45, 7) is 1.87. The van der Waals surface area contributed by atoms with Crippen LogP contribution >= 0.6 is 0 Å². The Bertz CT molecular complexity index is 560. The van der Waals surface area contributed by atoms with E-state index in [9.17, 15) is 18.3 Å². The van der Waals surface area contributed by atoms with Crippen molar-refractivity contribution in [2.45, 2.75) is 25.6 Å². The zero-order valence-corrected chi connectivity index (χ0v) is 9.83. The van der Waals surface area contributed by atoms with Gasteiger partial charge in [-0.1, -0.05) is 43.3 Å². The Morgan fingerprint density at radius 1 is 1.17 bits per heavy atom. The number of benzene rings is 2. The van der Waals surface area contributed by atoms with E-state index in [1.54, 1.807) is 24.3 Å². The molecule has 1 atom stereocenters. The van der Waals surface area contributed by atoms with Crippen LogP contribution in [0.25, 0.3) is 10.8 Å². The number of aliphatic hydroxyl groups is 1. The van der Waals surface area contributed by atoms with Gasteiger partial charge in [0.15, 0.2) is 6.10 Å². The van der Waals surface area contributed by atoms with E-state index in [1.807, 2.05) is 13.0 Å². The highest BCUT2D eigenvalue weighted by Crippen LogP contribution is 2.36. The maximum Gasteiger partial charge on any atom is 0.418 e. The molecule has 0 aliphatic rings. The van der Waals surface area contributed by atoms with E-state index in [4.69, 9.17) is 0 Å². The lowest BCUT2D eigenvalue weighted by molar-refractivity contribution is -0.206. The molecule has 96 valence electrons. The van der Waals surface area contributed by atoms with Crippen LogP contribution < -0.4 is 0 Å². The van der Waals surface area contributed by atoms with E-state index in [1.165, 1.54) is 6.07 Å². The highest BCUT2D eigenvalue weighted by molar-refractivity contribution is 5.86. The van der Waals surface area contributed by atoms with Gasteiger partial charge in [0, 0.05) is 0 Å². The van der Waals surface area contributed by atoms with Gasteiger partial charge in [0.05, 0.1) is 0 Å². The summed E-state index contributed by atoms with van der Waals surface area (Å²) in [5, 5.41) is 10.6. The number of alkyl halides is 3. The van der Waals surface area contributed by atoms with E-state index in [0.29, 0.717) is 11.8 Å². The molecule has 2 aromatic carbocycles. The Morgan fingerprint density at radius 2 is 1.83 bits per heavy atom. The molecule has 2 rings (SSSR count). The SMILES string of the molecule is CCc1cc(C(O)C(F)(F)F)c2ccccc2c1. The summed E-state index contributed by atoms with van der Waals surface area (Å²) in [6, 6.07) is 10.1. The molecule has 1 unspecified atom stereocenters. The van der Waals surface area contributed by atoms with Crippen molar-refractivity contribution < 1.29 is 18.3 Å². The molecule has 0 aliphatic carbocycles. The maximum absolute atomic E-state index is 12.6. The summed E-state index contributed by atoms with van der Waals surface area (Å²) < 4.78 is 37.9. The zero-order valence-electron chi connectivity index (χ0n) is 9.83. The standard InChI is InChI=1S/C14H13F3O/c1-2-9-7-10-5-3-4-6-11(10)12(8-9)13(18)14(15,16)17/h3-8,13,18H,2H2,1H3. The molecule has 0 saturated heterocycles. The van der Waals surface area contributed by atoms with Crippen LogP contribution in [-0.2, 0) is 6.42 Å². The predicted octanol–water partition coefficient (Wildman–Crippen LogP) is 4.00. The fourth-order valence-corrected chi connectivity index (χ4v) is 2.01. The van der Waals surface area contributed by atoms with Crippen molar-refractivity contribution >= 4 is 10.8 Å². The average Bonchev–Trinajstić information content (AvgIpc) is 2.35. The maximum atomic E-state index is 12.6. The molecule has 1 nitrogen and oxygen atoms in total. The summed E-state index contributed by atoms with van der Waals surface area (Å²) in [7, 11) is 0. The summed E-state index contributed by atoms with van der Waals surface area (Å²) >= 11 is 0. The molecule has 0 aliphatic heterocycles. The minimum Gasteiger partial charge on any atom is -0.379 e. The monoisotopic (exact) mass is 254 g/mol. The predicted molar refractivity (Wildman–Crippen MR) is 64.3 cm³/mol. The molecule has 0 radical (unpaired) electrons. The second kappa shape index (κ2) is 4.61. The first-order chi connectivity index (χ1) is 8.43. The van der Waals surface area contributed by atoms with Gasteiger partial charge in [-0.05, 0) is 28.3 Å². The van der Waals surface area contributed by atoms with E-state index >= 15 is 0 Å². The Labute approximate surface area is 103 Å². The Kier molecular flexibility index (Phi) is 3.30. The van der Waals surface area contributed by atoms with Crippen LogP contribution in [0.2, 0.25) is 0 Å². The Morgan fingerprint density at radius 3 is 2.44 bits per heavy atom. The number of halogens is 3. The summed E-state index contributed by atoms with van der Waals surface area (Å²) in [4.78, 5) is 0. The normalized spacial score (nSPS) is 13.8. The summed E-state index contributed by atoms with van der Waals surface area (Å²) in [5.41, 5.74) is 0.712. The van der Waals surface area contributed by atoms with Crippen LogP contribution in [0.1, 0.15) is 24.2 Å². The fourth-order valence-electron chi connectivity index (χ4n) is 2.01. The van der Waals surface area contributed by atoms with Gasteiger partial charge in [-0.2, -0.15) is 13.2 Å². The van der Waals surface area contributed by atoms with Crippen molar-refractivity contribution in [3.8, 4) is 0 Å². The molecule has 0 bridgehead atoms. The van der Waals surface area contributed by atoms with Gasteiger partial charge in [-0.15, -0.1) is 0 Å². The summed E-state index contributed by atoms with van der Waals surface area (Å²) in [6.07, 6.45) is -6.45. The third kappa shape index (κ3) is 2.34. The van der Waals surface area contributed by atoms with Crippen molar-refractivity contribution in [1.29, 1.82) is 0 Å². The van der Waals surface area contributed by atoms with Crippen LogP contribution in [0.5, 0.6) is 0 Å². The largest absolute Gasteiger partial charge is 0.418 e. The van der Waals surface area contributed by atoms with Gasteiger partial charge in [0.1, 0.15) is 0 Å². The Balaban J connectivity index is 2.68. The van der Waals surface area contributed by atoms with E-state index in [2.05, 4.69) is 0 Å². The molecule has 0 spiro atoms. The number of hydrogen-bond acceptors (Lipinski definition) is 1. The summed E-state index contributed by atoms with van der Waals surface area (Å²) in [5.74, 6) is 0. The molecule has 2 aromatic rings. The molecule has 0 saturated carbocycles. The van der Waals surface area contributed by atoms with Gasteiger partial charge in [-0.25, -0.2) is 0 Å². The number of aryl methyl sites for hydroxylation is 1. The van der Waals surface area contributed by atoms with Gasteiger partial charge in [0.2, 0.25) is 0 Å². The first-order valence-electron chi connectivity index (χ1n) is 5.70. The number of fused-ring (bicyclic) bond motifs is 1. The van der Waals surface area contributed by atoms with Crippen molar-refractivity contribution in [3.05, 3.63) is 47.5 Å². The minimum atomic E-state index is -4.64. The van der Waals surface area contributed by atoms with Crippen LogP contribution in [-0.4, -0.2) is 11.3 Å². The van der Waals surface area contributed by atoms with E-state index in [0.717, 1.165) is 10.9 Å². The van der Waals surface area contributed by atoms with Crippen molar-refractivity contribution in [1.82, 2.24) is 0 Å².